The third kappa shape index (κ3) is 5.29. The van der Waals surface area contributed by atoms with E-state index in [0.717, 1.165) is 31.6 Å². The molecule has 3 rings (SSSR count). The van der Waals surface area contributed by atoms with Crippen LogP contribution in [0.1, 0.15) is 19.3 Å². The van der Waals surface area contributed by atoms with Gasteiger partial charge in [-0.15, -0.1) is 0 Å². The summed E-state index contributed by atoms with van der Waals surface area (Å²) in [5.41, 5.74) is 1.41. The summed E-state index contributed by atoms with van der Waals surface area (Å²) in [6.45, 7) is 2.65. The predicted octanol–water partition coefficient (Wildman–Crippen LogP) is 3.73. The van der Waals surface area contributed by atoms with E-state index in [-0.39, 0.29) is 11.6 Å². The van der Waals surface area contributed by atoms with Crippen molar-refractivity contribution in [2.75, 3.05) is 30.3 Å². The number of carbonyl (C=O) groups is 1. The smallest absolute Gasteiger partial charge is 0.225 e. The second-order valence-corrected chi connectivity index (χ2v) is 6.40. The van der Waals surface area contributed by atoms with Gasteiger partial charge in [0.25, 0.3) is 0 Å². The van der Waals surface area contributed by atoms with Crippen LogP contribution in [0.2, 0.25) is 0 Å². The minimum atomic E-state index is -0.399. The third-order valence-corrected chi connectivity index (χ3v) is 4.54. The van der Waals surface area contributed by atoms with Crippen molar-refractivity contribution in [1.82, 2.24) is 4.90 Å². The molecule has 0 saturated carbocycles. The maximum atomic E-state index is 13.5. The number of piperidine rings is 1. The molecular weight excluding hydrogens is 317 g/mol. The highest BCUT2D eigenvalue weighted by atomic mass is 19.1. The Hall–Kier alpha value is -2.40. The first-order valence-electron chi connectivity index (χ1n) is 8.79. The first-order chi connectivity index (χ1) is 12.2. The van der Waals surface area contributed by atoms with Crippen LogP contribution in [0.5, 0.6) is 0 Å². The third-order valence-electron chi connectivity index (χ3n) is 4.54. The van der Waals surface area contributed by atoms with Crippen molar-refractivity contribution in [1.29, 1.82) is 0 Å². The highest BCUT2D eigenvalue weighted by Gasteiger charge is 2.19. The van der Waals surface area contributed by atoms with E-state index in [2.05, 4.69) is 27.7 Å². The number of rotatable bonds is 6. The molecule has 132 valence electrons. The lowest BCUT2D eigenvalue weighted by molar-refractivity contribution is -0.116. The lowest BCUT2D eigenvalue weighted by atomic mass is 10.0. The molecule has 0 unspecified atom stereocenters. The summed E-state index contributed by atoms with van der Waals surface area (Å²) in [4.78, 5) is 14.3. The van der Waals surface area contributed by atoms with Gasteiger partial charge < -0.3 is 15.5 Å². The van der Waals surface area contributed by atoms with Crippen molar-refractivity contribution in [2.24, 2.45) is 0 Å². The summed E-state index contributed by atoms with van der Waals surface area (Å²) in [5.74, 6) is -0.543. The number of halogens is 1. The SMILES string of the molecule is O=C(CCN1CCC(Nc2ccccc2)CC1)Nc1ccccc1F. The number of hydrogen-bond acceptors (Lipinski definition) is 3. The zero-order chi connectivity index (χ0) is 17.5. The molecule has 0 spiro atoms. The lowest BCUT2D eigenvalue weighted by Crippen LogP contribution is -2.40. The number of anilines is 2. The van der Waals surface area contributed by atoms with Crippen LogP contribution in [0.25, 0.3) is 0 Å². The van der Waals surface area contributed by atoms with E-state index >= 15 is 0 Å². The molecule has 0 aliphatic carbocycles. The molecular formula is C20H24FN3O. The van der Waals surface area contributed by atoms with E-state index in [1.807, 2.05) is 18.2 Å². The van der Waals surface area contributed by atoms with Crippen LogP contribution in [0, 0.1) is 5.82 Å². The van der Waals surface area contributed by atoms with E-state index in [4.69, 9.17) is 0 Å². The summed E-state index contributed by atoms with van der Waals surface area (Å²) in [5, 5.41) is 6.20. The van der Waals surface area contributed by atoms with Gasteiger partial charge in [-0.2, -0.15) is 0 Å². The summed E-state index contributed by atoms with van der Waals surface area (Å²) in [7, 11) is 0. The number of nitrogens with one attached hydrogen (secondary N) is 2. The molecule has 2 N–H and O–H groups in total. The van der Waals surface area contributed by atoms with Crippen LogP contribution in [0.3, 0.4) is 0 Å². The van der Waals surface area contributed by atoms with Crippen LogP contribution in [0.4, 0.5) is 15.8 Å². The number of amides is 1. The molecule has 1 aliphatic rings. The highest BCUT2D eigenvalue weighted by molar-refractivity contribution is 5.90. The average molecular weight is 341 g/mol. The Morgan fingerprint density at radius 2 is 1.72 bits per heavy atom. The summed E-state index contributed by atoms with van der Waals surface area (Å²) in [6.07, 6.45) is 2.50. The van der Waals surface area contributed by atoms with Gasteiger partial charge in [-0.3, -0.25) is 4.79 Å². The van der Waals surface area contributed by atoms with E-state index in [9.17, 15) is 9.18 Å². The quantitative estimate of drug-likeness (QED) is 0.841. The molecule has 1 fully saturated rings. The Kier molecular flexibility index (Phi) is 6.01. The molecule has 4 nitrogen and oxygen atoms in total. The van der Waals surface area contributed by atoms with Crippen molar-refractivity contribution in [2.45, 2.75) is 25.3 Å². The number of benzene rings is 2. The molecule has 2 aromatic carbocycles. The van der Waals surface area contributed by atoms with Gasteiger partial charge in [-0.05, 0) is 37.1 Å². The second kappa shape index (κ2) is 8.62. The Bertz CT molecular complexity index is 684. The van der Waals surface area contributed by atoms with E-state index in [0.29, 0.717) is 19.0 Å². The minimum Gasteiger partial charge on any atom is -0.382 e. The fourth-order valence-corrected chi connectivity index (χ4v) is 3.11. The summed E-state index contributed by atoms with van der Waals surface area (Å²) >= 11 is 0. The summed E-state index contributed by atoms with van der Waals surface area (Å²) in [6, 6.07) is 17.0. The molecule has 0 bridgehead atoms. The molecule has 0 aromatic heterocycles. The highest BCUT2D eigenvalue weighted by Crippen LogP contribution is 2.17. The van der Waals surface area contributed by atoms with Gasteiger partial charge in [0.1, 0.15) is 5.82 Å². The molecule has 0 atom stereocenters. The van der Waals surface area contributed by atoms with Crippen LogP contribution in [-0.4, -0.2) is 36.5 Å². The number of likely N-dealkylation sites (tertiary alicyclic amines) is 1. The van der Waals surface area contributed by atoms with Gasteiger partial charge in [0.05, 0.1) is 5.69 Å². The Morgan fingerprint density at radius 1 is 1.04 bits per heavy atom. The first-order valence-corrected chi connectivity index (χ1v) is 8.79. The maximum Gasteiger partial charge on any atom is 0.225 e. The van der Waals surface area contributed by atoms with E-state index in [1.54, 1.807) is 18.2 Å². The number of nitrogens with zero attached hydrogens (tertiary/aromatic N) is 1. The van der Waals surface area contributed by atoms with Crippen molar-refractivity contribution in [3.63, 3.8) is 0 Å². The van der Waals surface area contributed by atoms with Gasteiger partial charge in [0.2, 0.25) is 5.91 Å². The molecule has 1 aliphatic heterocycles. The summed E-state index contributed by atoms with van der Waals surface area (Å²) < 4.78 is 13.5. The second-order valence-electron chi connectivity index (χ2n) is 6.40. The zero-order valence-corrected chi connectivity index (χ0v) is 14.2. The molecule has 1 amide bonds. The molecule has 1 saturated heterocycles. The number of hydrogen-bond donors (Lipinski definition) is 2. The Morgan fingerprint density at radius 3 is 2.44 bits per heavy atom. The molecule has 1 heterocycles. The largest absolute Gasteiger partial charge is 0.382 e. The standard InChI is InChI=1S/C20H24FN3O/c21-18-8-4-5-9-19(18)23-20(25)12-15-24-13-10-17(11-14-24)22-16-6-2-1-3-7-16/h1-9,17,22H,10-15H2,(H,23,25). The minimum absolute atomic E-state index is 0.144. The Labute approximate surface area is 148 Å². The van der Waals surface area contributed by atoms with Gasteiger partial charge >= 0.3 is 0 Å². The molecule has 25 heavy (non-hydrogen) atoms. The van der Waals surface area contributed by atoms with Crippen LogP contribution in [0.15, 0.2) is 54.6 Å². The van der Waals surface area contributed by atoms with Crippen molar-refractivity contribution < 1.29 is 9.18 Å². The van der Waals surface area contributed by atoms with Crippen molar-refractivity contribution in [3.05, 3.63) is 60.4 Å². The molecule has 0 radical (unpaired) electrons. The van der Waals surface area contributed by atoms with E-state index < -0.39 is 5.82 Å². The van der Waals surface area contributed by atoms with Gasteiger partial charge in [0, 0.05) is 37.8 Å². The normalized spacial score (nSPS) is 15.7. The number of carbonyl (C=O) groups excluding carboxylic acids is 1. The zero-order valence-electron chi connectivity index (χ0n) is 14.2. The fourth-order valence-electron chi connectivity index (χ4n) is 3.11. The van der Waals surface area contributed by atoms with Crippen molar-refractivity contribution >= 4 is 17.3 Å². The van der Waals surface area contributed by atoms with Gasteiger partial charge in [-0.1, -0.05) is 30.3 Å². The first kappa shape index (κ1) is 17.4. The van der Waals surface area contributed by atoms with Crippen molar-refractivity contribution in [3.8, 4) is 0 Å². The molecule has 5 heteroatoms. The van der Waals surface area contributed by atoms with Gasteiger partial charge in [-0.25, -0.2) is 4.39 Å². The van der Waals surface area contributed by atoms with Crippen LogP contribution >= 0.6 is 0 Å². The monoisotopic (exact) mass is 341 g/mol. The van der Waals surface area contributed by atoms with Crippen LogP contribution in [-0.2, 0) is 4.79 Å². The average Bonchev–Trinajstić information content (AvgIpc) is 2.64. The lowest BCUT2D eigenvalue weighted by Gasteiger charge is -2.32. The Balaban J connectivity index is 1.38. The molecule has 2 aromatic rings. The number of para-hydroxylation sites is 2. The topological polar surface area (TPSA) is 44.4 Å². The van der Waals surface area contributed by atoms with Crippen LogP contribution < -0.4 is 10.6 Å². The van der Waals surface area contributed by atoms with Gasteiger partial charge in [0.15, 0.2) is 0 Å². The van der Waals surface area contributed by atoms with E-state index in [1.165, 1.54) is 6.07 Å². The fraction of sp³-hybridized carbons (Fsp3) is 0.350. The maximum absolute atomic E-state index is 13.5. The predicted molar refractivity (Wildman–Crippen MR) is 99.2 cm³/mol.